The standard InChI is InChI=1S/C11H13ClN2O/c1-13-10-3-8(12)2-9(14-10)11-4-7(11)5-15-6-11/h2-3,7H,4-6H2,1H3,(H,13,14). The van der Waals surface area contributed by atoms with E-state index in [0.29, 0.717) is 5.92 Å². The molecule has 2 fully saturated rings. The van der Waals surface area contributed by atoms with Crippen LogP contribution in [0, 0.1) is 5.92 Å². The molecule has 1 saturated heterocycles. The highest BCUT2D eigenvalue weighted by atomic mass is 35.5. The average molecular weight is 225 g/mol. The largest absolute Gasteiger partial charge is 0.380 e. The first-order valence-corrected chi connectivity index (χ1v) is 5.56. The predicted molar refractivity (Wildman–Crippen MR) is 59.4 cm³/mol. The Hall–Kier alpha value is -0.800. The molecular weight excluding hydrogens is 212 g/mol. The van der Waals surface area contributed by atoms with Gasteiger partial charge in [0.15, 0.2) is 0 Å². The molecule has 1 aliphatic carbocycles. The van der Waals surface area contributed by atoms with Gasteiger partial charge in [0.2, 0.25) is 0 Å². The Balaban J connectivity index is 2.01. The van der Waals surface area contributed by atoms with Crippen molar-refractivity contribution in [2.75, 3.05) is 25.6 Å². The van der Waals surface area contributed by atoms with Gasteiger partial charge in [0.1, 0.15) is 5.82 Å². The van der Waals surface area contributed by atoms with Crippen molar-refractivity contribution in [3.05, 3.63) is 22.8 Å². The third kappa shape index (κ3) is 1.34. The minimum absolute atomic E-state index is 0.177. The van der Waals surface area contributed by atoms with Gasteiger partial charge in [-0.3, -0.25) is 0 Å². The fourth-order valence-electron chi connectivity index (χ4n) is 2.43. The molecule has 2 heterocycles. The van der Waals surface area contributed by atoms with Crippen LogP contribution in [0.3, 0.4) is 0 Å². The molecule has 2 atom stereocenters. The predicted octanol–water partition coefficient (Wildman–Crippen LogP) is 2.06. The summed E-state index contributed by atoms with van der Waals surface area (Å²) in [7, 11) is 1.86. The van der Waals surface area contributed by atoms with Crippen LogP contribution in [-0.4, -0.2) is 25.2 Å². The Bertz CT molecular complexity index is 410. The van der Waals surface area contributed by atoms with Gasteiger partial charge in [-0.25, -0.2) is 4.98 Å². The van der Waals surface area contributed by atoms with E-state index in [0.717, 1.165) is 29.7 Å². The first kappa shape index (κ1) is 9.43. The SMILES string of the molecule is CNc1cc(Cl)cc(C23COCC2C3)n1. The van der Waals surface area contributed by atoms with Gasteiger partial charge in [-0.1, -0.05) is 11.6 Å². The number of ether oxygens (including phenoxy) is 1. The number of fused-ring (bicyclic) bond motifs is 1. The van der Waals surface area contributed by atoms with E-state index in [1.54, 1.807) is 0 Å². The van der Waals surface area contributed by atoms with Crippen molar-refractivity contribution < 1.29 is 4.74 Å². The van der Waals surface area contributed by atoms with E-state index in [4.69, 9.17) is 16.3 Å². The molecule has 0 aromatic carbocycles. The van der Waals surface area contributed by atoms with Crippen molar-refractivity contribution in [2.45, 2.75) is 11.8 Å². The van der Waals surface area contributed by atoms with Crippen molar-refractivity contribution in [2.24, 2.45) is 5.92 Å². The van der Waals surface area contributed by atoms with Crippen LogP contribution in [-0.2, 0) is 10.2 Å². The van der Waals surface area contributed by atoms with Crippen LogP contribution in [0.25, 0.3) is 0 Å². The number of nitrogens with zero attached hydrogens (tertiary/aromatic N) is 1. The van der Waals surface area contributed by atoms with Crippen LogP contribution >= 0.6 is 11.6 Å². The Morgan fingerprint density at radius 3 is 3.07 bits per heavy atom. The molecule has 2 unspecified atom stereocenters. The van der Waals surface area contributed by atoms with E-state index in [1.165, 1.54) is 6.42 Å². The molecule has 3 rings (SSSR count). The molecule has 4 heteroatoms. The Morgan fingerprint density at radius 1 is 1.60 bits per heavy atom. The Labute approximate surface area is 93.8 Å². The zero-order valence-electron chi connectivity index (χ0n) is 8.59. The summed E-state index contributed by atoms with van der Waals surface area (Å²) in [6.07, 6.45) is 1.20. The number of halogens is 1. The van der Waals surface area contributed by atoms with E-state index in [2.05, 4.69) is 10.3 Å². The number of anilines is 1. The Kier molecular flexibility index (Phi) is 1.94. The van der Waals surface area contributed by atoms with Gasteiger partial charge < -0.3 is 10.1 Å². The molecule has 2 aliphatic rings. The third-order valence-electron chi connectivity index (χ3n) is 3.47. The van der Waals surface area contributed by atoms with Gasteiger partial charge in [0.05, 0.1) is 18.9 Å². The average Bonchev–Trinajstić information content (AvgIpc) is 2.81. The van der Waals surface area contributed by atoms with Crippen LogP contribution in [0.2, 0.25) is 5.02 Å². The molecule has 1 saturated carbocycles. The van der Waals surface area contributed by atoms with E-state index in [1.807, 2.05) is 19.2 Å². The summed E-state index contributed by atoms with van der Waals surface area (Å²) < 4.78 is 5.47. The van der Waals surface area contributed by atoms with Gasteiger partial charge in [-0.2, -0.15) is 0 Å². The van der Waals surface area contributed by atoms with Crippen LogP contribution in [0.4, 0.5) is 5.82 Å². The third-order valence-corrected chi connectivity index (χ3v) is 3.69. The summed E-state index contributed by atoms with van der Waals surface area (Å²) in [5.74, 6) is 1.50. The lowest BCUT2D eigenvalue weighted by Crippen LogP contribution is -2.14. The number of rotatable bonds is 2. The van der Waals surface area contributed by atoms with Crippen LogP contribution in [0.15, 0.2) is 12.1 Å². The number of hydrogen-bond acceptors (Lipinski definition) is 3. The summed E-state index contributed by atoms with van der Waals surface area (Å²) in [5.41, 5.74) is 1.26. The minimum atomic E-state index is 0.177. The maximum Gasteiger partial charge on any atom is 0.127 e. The van der Waals surface area contributed by atoms with E-state index in [9.17, 15) is 0 Å². The van der Waals surface area contributed by atoms with E-state index < -0.39 is 0 Å². The highest BCUT2D eigenvalue weighted by molar-refractivity contribution is 6.30. The summed E-state index contributed by atoms with van der Waals surface area (Å²) in [5, 5.41) is 3.78. The lowest BCUT2D eigenvalue weighted by Gasteiger charge is -2.12. The molecule has 80 valence electrons. The lowest BCUT2D eigenvalue weighted by atomic mass is 10.0. The zero-order valence-corrected chi connectivity index (χ0v) is 9.34. The first-order chi connectivity index (χ1) is 7.24. The number of aromatic nitrogens is 1. The quantitative estimate of drug-likeness (QED) is 0.835. The molecular formula is C11H13ClN2O. The monoisotopic (exact) mass is 224 g/mol. The van der Waals surface area contributed by atoms with E-state index in [-0.39, 0.29) is 5.41 Å². The van der Waals surface area contributed by atoms with Crippen molar-refractivity contribution in [1.29, 1.82) is 0 Å². The molecule has 15 heavy (non-hydrogen) atoms. The molecule has 1 aliphatic heterocycles. The van der Waals surface area contributed by atoms with Gasteiger partial charge in [-0.05, 0) is 24.5 Å². The number of nitrogens with one attached hydrogen (secondary N) is 1. The van der Waals surface area contributed by atoms with Gasteiger partial charge >= 0.3 is 0 Å². The summed E-state index contributed by atoms with van der Waals surface area (Å²) in [4.78, 5) is 4.57. The topological polar surface area (TPSA) is 34.1 Å². The zero-order chi connectivity index (χ0) is 10.5. The fraction of sp³-hybridized carbons (Fsp3) is 0.545. The lowest BCUT2D eigenvalue weighted by molar-refractivity contribution is 0.159. The molecule has 0 spiro atoms. The summed E-state index contributed by atoms with van der Waals surface area (Å²) in [6.45, 7) is 1.68. The fourth-order valence-corrected chi connectivity index (χ4v) is 2.63. The normalized spacial score (nSPS) is 32.5. The summed E-state index contributed by atoms with van der Waals surface area (Å²) >= 11 is 6.07. The van der Waals surface area contributed by atoms with Crippen LogP contribution in [0.5, 0.6) is 0 Å². The first-order valence-electron chi connectivity index (χ1n) is 5.18. The van der Waals surface area contributed by atoms with Crippen molar-refractivity contribution >= 4 is 17.4 Å². The Morgan fingerprint density at radius 2 is 2.47 bits per heavy atom. The maximum atomic E-state index is 6.07. The van der Waals surface area contributed by atoms with Crippen LogP contribution in [0.1, 0.15) is 12.1 Å². The van der Waals surface area contributed by atoms with Crippen LogP contribution < -0.4 is 5.32 Å². The molecule has 3 nitrogen and oxygen atoms in total. The van der Waals surface area contributed by atoms with Crippen molar-refractivity contribution in [3.8, 4) is 0 Å². The second kappa shape index (κ2) is 3.09. The highest BCUT2D eigenvalue weighted by Crippen LogP contribution is 2.57. The second-order valence-electron chi connectivity index (χ2n) is 4.38. The van der Waals surface area contributed by atoms with Gasteiger partial charge in [0, 0.05) is 17.5 Å². The number of pyridine rings is 1. The maximum absolute atomic E-state index is 6.07. The molecule has 1 N–H and O–H groups in total. The second-order valence-corrected chi connectivity index (χ2v) is 4.81. The molecule has 0 radical (unpaired) electrons. The molecule has 0 bridgehead atoms. The van der Waals surface area contributed by atoms with Crippen molar-refractivity contribution in [1.82, 2.24) is 4.98 Å². The molecule has 1 aromatic heterocycles. The molecule has 0 amide bonds. The van der Waals surface area contributed by atoms with Gasteiger partial charge in [0.25, 0.3) is 0 Å². The van der Waals surface area contributed by atoms with E-state index >= 15 is 0 Å². The number of hydrogen-bond donors (Lipinski definition) is 1. The van der Waals surface area contributed by atoms with Gasteiger partial charge in [-0.15, -0.1) is 0 Å². The molecule has 1 aromatic rings. The highest BCUT2D eigenvalue weighted by Gasteiger charge is 2.60. The smallest absolute Gasteiger partial charge is 0.127 e. The van der Waals surface area contributed by atoms with Crippen molar-refractivity contribution in [3.63, 3.8) is 0 Å². The summed E-state index contributed by atoms with van der Waals surface area (Å²) in [6, 6.07) is 3.81. The minimum Gasteiger partial charge on any atom is -0.380 e.